The fourth-order valence-electron chi connectivity index (χ4n) is 0.796. The van der Waals surface area contributed by atoms with Crippen molar-refractivity contribution in [3.63, 3.8) is 0 Å². The van der Waals surface area contributed by atoms with E-state index < -0.39 is 5.92 Å². The summed E-state index contributed by atoms with van der Waals surface area (Å²) in [5, 5.41) is 17.1. The lowest BCUT2D eigenvalue weighted by Crippen LogP contribution is -2.03. The molecule has 0 saturated heterocycles. The molecule has 1 aromatic rings. The van der Waals surface area contributed by atoms with E-state index in [0.29, 0.717) is 0 Å². The highest BCUT2D eigenvalue weighted by Crippen LogP contribution is 2.27. The molecule has 0 aliphatic carbocycles. The predicted octanol–water partition coefficient (Wildman–Crippen LogP) is 1.50. The van der Waals surface area contributed by atoms with Crippen LogP contribution in [-0.4, -0.2) is 9.97 Å². The molecule has 0 unspecified atom stereocenters. The van der Waals surface area contributed by atoms with Crippen LogP contribution in [0.1, 0.15) is 11.6 Å². The van der Waals surface area contributed by atoms with Gasteiger partial charge < -0.3 is 5.73 Å². The highest BCUT2D eigenvalue weighted by atomic mass is 35.5. The minimum absolute atomic E-state index is 0.0116. The van der Waals surface area contributed by atoms with Gasteiger partial charge in [0.2, 0.25) is 5.28 Å². The number of anilines is 1. The summed E-state index contributed by atoms with van der Waals surface area (Å²) in [5.74, 6) is -1.14. The van der Waals surface area contributed by atoms with Gasteiger partial charge in [-0.15, -0.1) is 0 Å². The number of halogens is 2. The summed E-state index contributed by atoms with van der Waals surface area (Å²) in [6, 6.07) is 3.43. The Morgan fingerprint density at radius 3 is 2.29 bits per heavy atom. The Bertz CT molecular complexity index is 431. The second-order valence-corrected chi connectivity index (χ2v) is 2.98. The molecule has 14 heavy (non-hydrogen) atoms. The van der Waals surface area contributed by atoms with Gasteiger partial charge in [-0.3, -0.25) is 0 Å². The quantitative estimate of drug-likeness (QED) is 0.734. The molecule has 0 spiro atoms. The molecule has 0 atom stereocenters. The summed E-state index contributed by atoms with van der Waals surface area (Å²) in [7, 11) is 0. The van der Waals surface area contributed by atoms with Crippen molar-refractivity contribution in [1.29, 1.82) is 10.5 Å². The number of rotatable bonds is 1. The Hall–Kier alpha value is -1.56. The lowest BCUT2D eigenvalue weighted by molar-refractivity contribution is 0.987. The largest absolute Gasteiger partial charge is 0.382 e. The van der Waals surface area contributed by atoms with Crippen LogP contribution in [0.2, 0.25) is 10.3 Å². The van der Waals surface area contributed by atoms with Crippen LogP contribution in [0.3, 0.4) is 0 Å². The standard InChI is InChI=1S/C7H3Cl2N5/c8-4-5(3(1-10)2-11)13-7(9)14-6(4)12/h3H,(H2,12,13,14). The van der Waals surface area contributed by atoms with Crippen LogP contribution >= 0.6 is 23.2 Å². The SMILES string of the molecule is N#CC(C#N)c1nc(Cl)nc(N)c1Cl. The average molecular weight is 228 g/mol. The summed E-state index contributed by atoms with van der Waals surface area (Å²) < 4.78 is 0. The molecule has 0 fully saturated rings. The van der Waals surface area contributed by atoms with Gasteiger partial charge in [0.05, 0.1) is 17.8 Å². The van der Waals surface area contributed by atoms with Crippen LogP contribution in [0, 0.1) is 22.7 Å². The molecule has 7 heteroatoms. The van der Waals surface area contributed by atoms with Gasteiger partial charge in [0.25, 0.3) is 0 Å². The fourth-order valence-corrected chi connectivity index (χ4v) is 1.17. The van der Waals surface area contributed by atoms with E-state index in [9.17, 15) is 0 Å². The van der Waals surface area contributed by atoms with Crippen LogP contribution in [0.15, 0.2) is 0 Å². The van der Waals surface area contributed by atoms with Gasteiger partial charge in [-0.05, 0) is 11.6 Å². The van der Waals surface area contributed by atoms with Crippen LogP contribution in [0.5, 0.6) is 0 Å². The van der Waals surface area contributed by atoms with Gasteiger partial charge in [0, 0.05) is 0 Å². The molecule has 1 heterocycles. The molecule has 0 aliphatic rings. The zero-order valence-electron chi connectivity index (χ0n) is 6.70. The van der Waals surface area contributed by atoms with Gasteiger partial charge in [0.15, 0.2) is 5.92 Å². The number of hydrogen-bond acceptors (Lipinski definition) is 5. The van der Waals surface area contributed by atoms with E-state index in [1.807, 2.05) is 0 Å². The number of hydrogen-bond donors (Lipinski definition) is 1. The molecule has 0 radical (unpaired) electrons. The molecule has 0 saturated carbocycles. The first-order valence-corrected chi connectivity index (χ1v) is 4.13. The van der Waals surface area contributed by atoms with E-state index in [0.717, 1.165) is 0 Å². The lowest BCUT2D eigenvalue weighted by atomic mass is 10.1. The Labute approximate surface area is 89.7 Å². The summed E-state index contributed by atoms with van der Waals surface area (Å²) in [4.78, 5) is 7.24. The van der Waals surface area contributed by atoms with Gasteiger partial charge >= 0.3 is 0 Å². The first kappa shape index (κ1) is 10.5. The number of nitrogens with two attached hydrogens (primary N) is 1. The number of nitrogen functional groups attached to an aromatic ring is 1. The van der Waals surface area contributed by atoms with E-state index in [4.69, 9.17) is 39.5 Å². The molecule has 0 bridgehead atoms. The molecule has 1 rings (SSSR count). The van der Waals surface area contributed by atoms with E-state index in [1.54, 1.807) is 12.1 Å². The Morgan fingerprint density at radius 1 is 1.21 bits per heavy atom. The molecule has 1 aromatic heterocycles. The van der Waals surface area contributed by atoms with Crippen molar-refractivity contribution in [3.8, 4) is 12.1 Å². The molecular formula is C7H3Cl2N5. The van der Waals surface area contributed by atoms with Gasteiger partial charge in [-0.2, -0.15) is 15.5 Å². The highest BCUT2D eigenvalue weighted by molar-refractivity contribution is 6.34. The monoisotopic (exact) mass is 227 g/mol. The van der Waals surface area contributed by atoms with Crippen molar-refractivity contribution >= 4 is 29.0 Å². The third-order valence-electron chi connectivity index (χ3n) is 1.41. The highest BCUT2D eigenvalue weighted by Gasteiger charge is 2.18. The smallest absolute Gasteiger partial charge is 0.224 e. The second kappa shape index (κ2) is 4.10. The van der Waals surface area contributed by atoms with Crippen molar-refractivity contribution < 1.29 is 0 Å². The minimum Gasteiger partial charge on any atom is -0.382 e. The topological polar surface area (TPSA) is 99.4 Å². The van der Waals surface area contributed by atoms with Gasteiger partial charge in [0.1, 0.15) is 10.8 Å². The maximum atomic E-state index is 8.61. The van der Waals surface area contributed by atoms with Gasteiger partial charge in [-0.25, -0.2) is 4.98 Å². The first-order chi connectivity index (χ1) is 6.60. The molecule has 2 N–H and O–H groups in total. The fraction of sp³-hybridized carbons (Fsp3) is 0.143. The second-order valence-electron chi connectivity index (χ2n) is 2.27. The Morgan fingerprint density at radius 2 is 1.79 bits per heavy atom. The molecule has 0 aliphatic heterocycles. The Balaban J connectivity index is 3.36. The zero-order valence-corrected chi connectivity index (χ0v) is 8.21. The van der Waals surface area contributed by atoms with Crippen molar-refractivity contribution in [2.45, 2.75) is 5.92 Å². The normalized spacial score (nSPS) is 9.50. The maximum absolute atomic E-state index is 8.61. The van der Waals surface area contributed by atoms with Crippen LogP contribution < -0.4 is 5.73 Å². The van der Waals surface area contributed by atoms with E-state index in [1.165, 1.54) is 0 Å². The van der Waals surface area contributed by atoms with Crippen molar-refractivity contribution in [1.82, 2.24) is 9.97 Å². The molecule has 70 valence electrons. The van der Waals surface area contributed by atoms with Crippen molar-refractivity contribution in [3.05, 3.63) is 16.0 Å². The summed E-state index contributed by atoms with van der Waals surface area (Å²) in [6.07, 6.45) is 0. The summed E-state index contributed by atoms with van der Waals surface area (Å²) >= 11 is 11.2. The maximum Gasteiger partial charge on any atom is 0.224 e. The lowest BCUT2D eigenvalue weighted by Gasteiger charge is -2.04. The van der Waals surface area contributed by atoms with Crippen LogP contribution in [-0.2, 0) is 0 Å². The summed E-state index contributed by atoms with van der Waals surface area (Å²) in [6.45, 7) is 0. The first-order valence-electron chi connectivity index (χ1n) is 3.37. The number of nitrogens with zero attached hydrogens (tertiary/aromatic N) is 4. The van der Waals surface area contributed by atoms with Crippen LogP contribution in [0.25, 0.3) is 0 Å². The third-order valence-corrected chi connectivity index (χ3v) is 1.96. The summed E-state index contributed by atoms with van der Waals surface area (Å²) in [5.41, 5.74) is 5.42. The molecule has 0 amide bonds. The van der Waals surface area contributed by atoms with Crippen molar-refractivity contribution in [2.75, 3.05) is 5.73 Å². The minimum atomic E-state index is -1.09. The van der Waals surface area contributed by atoms with Gasteiger partial charge in [-0.1, -0.05) is 11.6 Å². The molecular weight excluding hydrogens is 225 g/mol. The van der Waals surface area contributed by atoms with Crippen molar-refractivity contribution in [2.24, 2.45) is 0 Å². The average Bonchev–Trinajstić information content (AvgIpc) is 2.15. The predicted molar refractivity (Wildman–Crippen MR) is 50.4 cm³/mol. The van der Waals surface area contributed by atoms with Crippen LogP contribution in [0.4, 0.5) is 5.82 Å². The molecule has 0 aromatic carbocycles. The number of nitriles is 2. The van der Waals surface area contributed by atoms with E-state index in [2.05, 4.69) is 9.97 Å². The molecule has 5 nitrogen and oxygen atoms in total. The van der Waals surface area contributed by atoms with E-state index in [-0.39, 0.29) is 21.8 Å². The third kappa shape index (κ3) is 1.85. The Kier molecular flexibility index (Phi) is 3.08. The van der Waals surface area contributed by atoms with E-state index >= 15 is 0 Å². The zero-order chi connectivity index (χ0) is 10.7. The number of aromatic nitrogens is 2.